The number of aryl methyl sites for hydroxylation is 1. The lowest BCUT2D eigenvalue weighted by molar-refractivity contribution is 0.294. The molecule has 2 aromatic carbocycles. The minimum absolute atomic E-state index is 0.0627. The maximum Gasteiger partial charge on any atom is 0.297 e. The van der Waals surface area contributed by atoms with E-state index in [4.69, 9.17) is 14.0 Å². The molecule has 4 heterocycles. The van der Waals surface area contributed by atoms with Crippen molar-refractivity contribution >= 4 is 21.2 Å². The number of aromatic nitrogens is 6. The largest absolute Gasteiger partial charge is 0.486 e. The average molecular weight is 579 g/mol. The molecule has 0 aliphatic carbocycles. The van der Waals surface area contributed by atoms with Gasteiger partial charge in [0.05, 0.1) is 29.8 Å². The summed E-state index contributed by atoms with van der Waals surface area (Å²) in [5, 5.41) is 4.77. The van der Waals surface area contributed by atoms with Crippen LogP contribution in [0.25, 0.3) is 33.4 Å². The first-order valence-electron chi connectivity index (χ1n) is 13.2. The molecule has 0 N–H and O–H groups in total. The van der Waals surface area contributed by atoms with Gasteiger partial charge in [-0.1, -0.05) is 17.7 Å². The monoisotopic (exact) mass is 578 g/mol. The van der Waals surface area contributed by atoms with Gasteiger partial charge < -0.3 is 4.74 Å². The Labute approximate surface area is 242 Å². The van der Waals surface area contributed by atoms with Crippen molar-refractivity contribution in [1.29, 1.82) is 0 Å². The Morgan fingerprint density at radius 1 is 0.833 bits per heavy atom. The molecule has 0 atom stereocenters. The molecule has 4 aromatic heterocycles. The van der Waals surface area contributed by atoms with E-state index >= 15 is 0 Å². The van der Waals surface area contributed by atoms with Crippen molar-refractivity contribution in [1.82, 2.24) is 29.7 Å². The fraction of sp³-hybridized carbons (Fsp3) is 0.129. The van der Waals surface area contributed by atoms with Gasteiger partial charge >= 0.3 is 0 Å². The second kappa shape index (κ2) is 11.9. The molecule has 0 aliphatic heterocycles. The van der Waals surface area contributed by atoms with Crippen molar-refractivity contribution in [2.75, 3.05) is 6.61 Å². The molecule has 10 nitrogen and oxygen atoms in total. The average Bonchev–Trinajstić information content (AvgIpc) is 3.45. The van der Waals surface area contributed by atoms with E-state index in [2.05, 4.69) is 19.9 Å². The van der Waals surface area contributed by atoms with Gasteiger partial charge in [0, 0.05) is 35.9 Å². The number of nitrogens with zero attached hydrogens (tertiary/aromatic N) is 6. The number of ether oxygens (including phenoxy) is 1. The highest BCUT2D eigenvalue weighted by atomic mass is 32.2. The van der Waals surface area contributed by atoms with E-state index < -0.39 is 10.1 Å². The molecule has 0 unspecified atom stereocenters. The van der Waals surface area contributed by atoms with Crippen molar-refractivity contribution < 1.29 is 17.3 Å². The van der Waals surface area contributed by atoms with Crippen LogP contribution in [0.1, 0.15) is 11.4 Å². The fourth-order valence-corrected chi connectivity index (χ4v) is 5.24. The van der Waals surface area contributed by atoms with Crippen LogP contribution in [0.5, 0.6) is 5.75 Å². The van der Waals surface area contributed by atoms with E-state index in [-0.39, 0.29) is 24.7 Å². The molecule has 11 heteroatoms. The standard InChI is InChI=1S/C31H26N6O4S/c1-22-4-10-26(11-5-22)42(38,39)41-18-17-37-20-27(23-12-15-32-16-13-23)31(36-37)24-6-8-25(9-7-24)40-21-30-34-19-29-28(35-30)3-2-14-33-29/h2-16,19-20H,17-18,21H2,1H3. The van der Waals surface area contributed by atoms with E-state index in [1.807, 2.05) is 61.7 Å². The van der Waals surface area contributed by atoms with Gasteiger partial charge in [-0.3, -0.25) is 18.8 Å². The number of rotatable bonds is 10. The second-order valence-electron chi connectivity index (χ2n) is 9.49. The zero-order valence-corrected chi connectivity index (χ0v) is 23.5. The number of fused-ring (bicyclic) bond motifs is 1. The lowest BCUT2D eigenvalue weighted by Gasteiger charge is -2.07. The molecule has 0 bridgehead atoms. The lowest BCUT2D eigenvalue weighted by Crippen LogP contribution is -2.12. The molecule has 0 amide bonds. The van der Waals surface area contributed by atoms with Gasteiger partial charge in [0.2, 0.25) is 0 Å². The summed E-state index contributed by atoms with van der Waals surface area (Å²) < 4.78 is 38.1. The van der Waals surface area contributed by atoms with Crippen LogP contribution in [0, 0.1) is 6.92 Å². The summed E-state index contributed by atoms with van der Waals surface area (Å²) in [4.78, 5) is 17.3. The number of benzene rings is 2. The van der Waals surface area contributed by atoms with Gasteiger partial charge in [0.1, 0.15) is 23.6 Å². The first-order valence-corrected chi connectivity index (χ1v) is 14.6. The number of pyridine rings is 2. The number of hydrogen-bond acceptors (Lipinski definition) is 9. The third-order valence-corrected chi connectivity index (χ3v) is 7.85. The first kappa shape index (κ1) is 27.2. The highest BCUT2D eigenvalue weighted by Crippen LogP contribution is 2.32. The smallest absolute Gasteiger partial charge is 0.297 e. The van der Waals surface area contributed by atoms with Crippen LogP contribution in [-0.4, -0.2) is 44.7 Å². The van der Waals surface area contributed by atoms with Crippen LogP contribution in [0.3, 0.4) is 0 Å². The van der Waals surface area contributed by atoms with Crippen molar-refractivity contribution in [3.8, 4) is 28.1 Å². The molecule has 0 radical (unpaired) electrons. The Morgan fingerprint density at radius 2 is 1.62 bits per heavy atom. The Kier molecular flexibility index (Phi) is 7.67. The topological polar surface area (TPSA) is 122 Å². The fourth-order valence-electron chi connectivity index (χ4n) is 4.34. The summed E-state index contributed by atoms with van der Waals surface area (Å²) in [5.41, 5.74) is 5.88. The van der Waals surface area contributed by atoms with Crippen LogP contribution < -0.4 is 4.74 Å². The minimum Gasteiger partial charge on any atom is -0.486 e. The van der Waals surface area contributed by atoms with E-state index in [0.717, 1.165) is 39.0 Å². The van der Waals surface area contributed by atoms with Crippen LogP contribution in [0.4, 0.5) is 0 Å². The van der Waals surface area contributed by atoms with Gasteiger partial charge in [0.25, 0.3) is 10.1 Å². The summed E-state index contributed by atoms with van der Waals surface area (Å²) in [7, 11) is -3.87. The highest BCUT2D eigenvalue weighted by molar-refractivity contribution is 7.86. The second-order valence-corrected chi connectivity index (χ2v) is 11.1. The van der Waals surface area contributed by atoms with Crippen LogP contribution >= 0.6 is 0 Å². The molecule has 0 saturated carbocycles. The molecule has 42 heavy (non-hydrogen) atoms. The van der Waals surface area contributed by atoms with Crippen LogP contribution in [0.2, 0.25) is 0 Å². The Morgan fingerprint density at radius 3 is 2.40 bits per heavy atom. The Bertz CT molecular complexity index is 1930. The lowest BCUT2D eigenvalue weighted by atomic mass is 10.0. The molecule has 0 aliphatic rings. The molecule has 6 aromatic rings. The first-order chi connectivity index (χ1) is 20.4. The molecule has 0 fully saturated rings. The predicted molar refractivity (Wildman–Crippen MR) is 157 cm³/mol. The van der Waals surface area contributed by atoms with Gasteiger partial charge in [-0.15, -0.1) is 0 Å². The Balaban J connectivity index is 1.17. The minimum atomic E-state index is -3.87. The summed E-state index contributed by atoms with van der Waals surface area (Å²) >= 11 is 0. The SMILES string of the molecule is Cc1ccc(S(=O)(=O)OCCn2cc(-c3ccncc3)c(-c3ccc(OCc4ncc5ncccc5n4)cc3)n2)cc1. The molecule has 0 spiro atoms. The summed E-state index contributed by atoms with van der Waals surface area (Å²) in [6.45, 7) is 2.29. The van der Waals surface area contributed by atoms with E-state index in [9.17, 15) is 8.42 Å². The zero-order chi connectivity index (χ0) is 28.9. The van der Waals surface area contributed by atoms with E-state index in [1.54, 1.807) is 41.6 Å². The van der Waals surface area contributed by atoms with Crippen molar-refractivity contribution in [3.05, 3.63) is 115 Å². The third kappa shape index (κ3) is 6.17. The van der Waals surface area contributed by atoms with E-state index in [1.165, 1.54) is 12.1 Å². The summed E-state index contributed by atoms with van der Waals surface area (Å²) in [6, 6.07) is 21.7. The molecular formula is C31H26N6O4S. The maximum absolute atomic E-state index is 12.6. The van der Waals surface area contributed by atoms with E-state index in [0.29, 0.717) is 11.6 Å². The van der Waals surface area contributed by atoms with Gasteiger partial charge in [0.15, 0.2) is 5.82 Å². The van der Waals surface area contributed by atoms with Crippen molar-refractivity contribution in [2.24, 2.45) is 0 Å². The maximum atomic E-state index is 12.6. The quantitative estimate of drug-likeness (QED) is 0.201. The predicted octanol–water partition coefficient (Wildman–Crippen LogP) is 5.24. The molecule has 0 saturated heterocycles. The van der Waals surface area contributed by atoms with Gasteiger partial charge in [-0.05, 0) is 73.2 Å². The van der Waals surface area contributed by atoms with Crippen LogP contribution in [-0.2, 0) is 27.5 Å². The molecule has 210 valence electrons. The van der Waals surface area contributed by atoms with Crippen molar-refractivity contribution in [3.63, 3.8) is 0 Å². The summed E-state index contributed by atoms with van der Waals surface area (Å²) in [6.07, 6.45) is 8.70. The third-order valence-electron chi connectivity index (χ3n) is 6.52. The summed E-state index contributed by atoms with van der Waals surface area (Å²) in [5.74, 6) is 1.22. The zero-order valence-electron chi connectivity index (χ0n) is 22.7. The highest BCUT2D eigenvalue weighted by Gasteiger charge is 2.17. The Hall–Kier alpha value is -5.00. The number of hydrogen-bond donors (Lipinski definition) is 0. The molecule has 6 rings (SSSR count). The molecular weight excluding hydrogens is 552 g/mol. The normalized spacial score (nSPS) is 11.5. The van der Waals surface area contributed by atoms with Gasteiger partial charge in [-0.25, -0.2) is 9.97 Å². The van der Waals surface area contributed by atoms with Gasteiger partial charge in [-0.2, -0.15) is 13.5 Å². The van der Waals surface area contributed by atoms with Crippen LogP contribution in [0.15, 0.2) is 109 Å². The van der Waals surface area contributed by atoms with Crippen molar-refractivity contribution in [2.45, 2.75) is 25.0 Å².